The third-order valence-electron chi connectivity index (χ3n) is 4.09. The quantitative estimate of drug-likeness (QED) is 0.904. The number of benzene rings is 1. The second-order valence-corrected chi connectivity index (χ2v) is 5.76. The highest BCUT2D eigenvalue weighted by molar-refractivity contribution is 5.34. The molecule has 0 aromatic heterocycles. The van der Waals surface area contributed by atoms with Gasteiger partial charge in [0.15, 0.2) is 0 Å². The van der Waals surface area contributed by atoms with Crippen molar-refractivity contribution in [2.75, 3.05) is 20.1 Å². The maximum absolute atomic E-state index is 8.96. The molecule has 0 spiro atoms. The zero-order valence-electron chi connectivity index (χ0n) is 12.1. The number of likely N-dealkylation sites (tertiary alicyclic amines) is 1. The van der Waals surface area contributed by atoms with Crippen molar-refractivity contribution in [1.82, 2.24) is 10.2 Å². The zero-order valence-corrected chi connectivity index (χ0v) is 12.1. The summed E-state index contributed by atoms with van der Waals surface area (Å²) < 4.78 is 0. The molecule has 1 aliphatic heterocycles. The maximum atomic E-state index is 8.96. The van der Waals surface area contributed by atoms with Gasteiger partial charge in [-0.1, -0.05) is 19.1 Å². The van der Waals surface area contributed by atoms with Gasteiger partial charge in [-0.2, -0.15) is 5.26 Å². The number of nitrogens with one attached hydrogen (secondary N) is 1. The lowest BCUT2D eigenvalue weighted by atomic mass is 9.92. The Hall–Kier alpha value is -1.37. The molecule has 1 aromatic carbocycles. The molecule has 1 aliphatic rings. The van der Waals surface area contributed by atoms with Crippen molar-refractivity contribution in [1.29, 1.82) is 5.26 Å². The van der Waals surface area contributed by atoms with E-state index in [0.29, 0.717) is 18.0 Å². The number of hydrogen-bond acceptors (Lipinski definition) is 3. The monoisotopic (exact) mass is 257 g/mol. The Kier molecular flexibility index (Phi) is 4.57. The Labute approximate surface area is 116 Å². The summed E-state index contributed by atoms with van der Waals surface area (Å²) in [5.74, 6) is 0.667. The first-order chi connectivity index (χ1) is 9.10. The van der Waals surface area contributed by atoms with Crippen LogP contribution in [0, 0.1) is 17.2 Å². The van der Waals surface area contributed by atoms with E-state index in [-0.39, 0.29) is 0 Å². The summed E-state index contributed by atoms with van der Waals surface area (Å²) in [6.07, 6.45) is 1.19. The summed E-state index contributed by atoms with van der Waals surface area (Å²) in [7, 11) is 2.19. The van der Waals surface area contributed by atoms with Gasteiger partial charge in [0.1, 0.15) is 0 Å². The second kappa shape index (κ2) is 6.18. The standard InChI is InChI=1S/C16H23N3/c1-12-11-19(3)8-7-16(12)18-13(2)15-6-4-5-14(9-15)10-17/h4-6,9,12-13,16,18H,7-8,11H2,1-3H3. The predicted molar refractivity (Wildman–Crippen MR) is 77.8 cm³/mol. The molecule has 3 nitrogen and oxygen atoms in total. The minimum atomic E-state index is 0.296. The second-order valence-electron chi connectivity index (χ2n) is 5.76. The molecular formula is C16H23N3. The van der Waals surface area contributed by atoms with Gasteiger partial charge in [0.2, 0.25) is 0 Å². The maximum Gasteiger partial charge on any atom is 0.0991 e. The SMILES string of the molecule is CC(NC1CCN(C)CC1C)c1cccc(C#N)c1. The van der Waals surface area contributed by atoms with Crippen molar-refractivity contribution in [3.05, 3.63) is 35.4 Å². The number of nitriles is 1. The van der Waals surface area contributed by atoms with Crippen LogP contribution in [0.5, 0.6) is 0 Å². The summed E-state index contributed by atoms with van der Waals surface area (Å²) in [5, 5.41) is 12.7. The van der Waals surface area contributed by atoms with E-state index in [1.807, 2.05) is 18.2 Å². The normalized spacial score (nSPS) is 25.8. The van der Waals surface area contributed by atoms with Crippen molar-refractivity contribution >= 4 is 0 Å². The van der Waals surface area contributed by atoms with Crippen LogP contribution in [-0.2, 0) is 0 Å². The molecule has 1 aromatic rings. The van der Waals surface area contributed by atoms with E-state index in [4.69, 9.17) is 5.26 Å². The largest absolute Gasteiger partial charge is 0.307 e. The number of rotatable bonds is 3. The molecule has 0 amide bonds. The van der Waals surface area contributed by atoms with E-state index >= 15 is 0 Å². The average molecular weight is 257 g/mol. The van der Waals surface area contributed by atoms with Gasteiger partial charge in [-0.3, -0.25) is 0 Å². The fourth-order valence-electron chi connectivity index (χ4n) is 2.90. The van der Waals surface area contributed by atoms with Crippen LogP contribution >= 0.6 is 0 Å². The van der Waals surface area contributed by atoms with Crippen LogP contribution in [-0.4, -0.2) is 31.1 Å². The van der Waals surface area contributed by atoms with Gasteiger partial charge in [-0.25, -0.2) is 0 Å². The van der Waals surface area contributed by atoms with Gasteiger partial charge >= 0.3 is 0 Å². The molecule has 3 heteroatoms. The van der Waals surface area contributed by atoms with Crippen LogP contribution in [0.15, 0.2) is 24.3 Å². The molecule has 0 bridgehead atoms. The van der Waals surface area contributed by atoms with E-state index in [9.17, 15) is 0 Å². The van der Waals surface area contributed by atoms with E-state index in [2.05, 4.69) is 43.2 Å². The topological polar surface area (TPSA) is 39.1 Å². The average Bonchev–Trinajstić information content (AvgIpc) is 2.42. The molecule has 0 aliphatic carbocycles. The molecule has 2 rings (SSSR count). The predicted octanol–water partition coefficient (Wildman–Crippen LogP) is 2.55. The van der Waals surface area contributed by atoms with Gasteiger partial charge < -0.3 is 10.2 Å². The fourth-order valence-corrected chi connectivity index (χ4v) is 2.90. The Morgan fingerprint density at radius 3 is 2.95 bits per heavy atom. The van der Waals surface area contributed by atoms with Gasteiger partial charge in [-0.05, 0) is 50.6 Å². The molecule has 3 unspecified atom stereocenters. The molecule has 0 saturated carbocycles. The van der Waals surface area contributed by atoms with Crippen molar-refractivity contribution in [3.8, 4) is 6.07 Å². The molecule has 1 N–H and O–H groups in total. The summed E-state index contributed by atoms with van der Waals surface area (Å²) in [6.45, 7) is 6.81. The zero-order chi connectivity index (χ0) is 13.8. The van der Waals surface area contributed by atoms with Crippen LogP contribution in [0.4, 0.5) is 0 Å². The lowest BCUT2D eigenvalue weighted by molar-refractivity contribution is 0.168. The minimum absolute atomic E-state index is 0.296. The molecule has 1 heterocycles. The first-order valence-corrected chi connectivity index (χ1v) is 7.05. The van der Waals surface area contributed by atoms with Gasteiger partial charge in [0.05, 0.1) is 11.6 Å². The van der Waals surface area contributed by atoms with Crippen LogP contribution in [0.25, 0.3) is 0 Å². The summed E-state index contributed by atoms with van der Waals surface area (Å²) in [5.41, 5.74) is 1.94. The Bertz CT molecular complexity index is 463. The smallest absolute Gasteiger partial charge is 0.0991 e. The number of hydrogen-bond donors (Lipinski definition) is 1. The number of nitrogens with zero attached hydrogens (tertiary/aromatic N) is 2. The Balaban J connectivity index is 2.00. The summed E-state index contributed by atoms with van der Waals surface area (Å²) in [6, 6.07) is 11.0. The van der Waals surface area contributed by atoms with Crippen molar-refractivity contribution in [3.63, 3.8) is 0 Å². The van der Waals surface area contributed by atoms with Crippen LogP contribution in [0.2, 0.25) is 0 Å². The van der Waals surface area contributed by atoms with Crippen LogP contribution < -0.4 is 5.32 Å². The lowest BCUT2D eigenvalue weighted by Crippen LogP contribution is -2.47. The minimum Gasteiger partial charge on any atom is -0.307 e. The van der Waals surface area contributed by atoms with Crippen molar-refractivity contribution < 1.29 is 0 Å². The first kappa shape index (κ1) is 14.0. The molecule has 19 heavy (non-hydrogen) atoms. The van der Waals surface area contributed by atoms with E-state index in [0.717, 1.165) is 18.7 Å². The third-order valence-corrected chi connectivity index (χ3v) is 4.09. The van der Waals surface area contributed by atoms with Crippen molar-refractivity contribution in [2.24, 2.45) is 5.92 Å². The highest BCUT2D eigenvalue weighted by Crippen LogP contribution is 2.21. The fraction of sp³-hybridized carbons (Fsp3) is 0.562. The molecule has 102 valence electrons. The lowest BCUT2D eigenvalue weighted by Gasteiger charge is -2.37. The van der Waals surface area contributed by atoms with Gasteiger partial charge in [0.25, 0.3) is 0 Å². The highest BCUT2D eigenvalue weighted by atomic mass is 15.1. The summed E-state index contributed by atoms with van der Waals surface area (Å²) >= 11 is 0. The van der Waals surface area contributed by atoms with Gasteiger partial charge in [0, 0.05) is 18.6 Å². The van der Waals surface area contributed by atoms with E-state index in [1.54, 1.807) is 0 Å². The molecule has 3 atom stereocenters. The molecule has 1 saturated heterocycles. The molecular weight excluding hydrogens is 234 g/mol. The Morgan fingerprint density at radius 1 is 1.47 bits per heavy atom. The number of piperidine rings is 1. The highest BCUT2D eigenvalue weighted by Gasteiger charge is 2.25. The van der Waals surface area contributed by atoms with Crippen LogP contribution in [0.3, 0.4) is 0 Å². The van der Waals surface area contributed by atoms with Gasteiger partial charge in [-0.15, -0.1) is 0 Å². The summed E-state index contributed by atoms with van der Waals surface area (Å²) in [4.78, 5) is 2.39. The molecule has 0 radical (unpaired) electrons. The molecule has 1 fully saturated rings. The Morgan fingerprint density at radius 2 is 2.26 bits per heavy atom. The van der Waals surface area contributed by atoms with Crippen LogP contribution in [0.1, 0.15) is 37.4 Å². The van der Waals surface area contributed by atoms with E-state index in [1.165, 1.54) is 12.0 Å². The van der Waals surface area contributed by atoms with Crippen molar-refractivity contribution in [2.45, 2.75) is 32.4 Å². The first-order valence-electron chi connectivity index (χ1n) is 7.05. The third kappa shape index (κ3) is 3.56. The van der Waals surface area contributed by atoms with E-state index < -0.39 is 0 Å².